The number of para-hydroxylation sites is 2. The van der Waals surface area contributed by atoms with Gasteiger partial charge in [-0.3, -0.25) is 0 Å². The van der Waals surface area contributed by atoms with Gasteiger partial charge in [0.15, 0.2) is 0 Å². The molecule has 10 heteroatoms. The Morgan fingerprint density at radius 2 is 0.846 bits per heavy atom. The van der Waals surface area contributed by atoms with Crippen molar-refractivity contribution in [3.63, 3.8) is 0 Å². The summed E-state index contributed by atoms with van der Waals surface area (Å²) in [6.45, 7) is -5.16. The fourth-order valence-electron chi connectivity index (χ4n) is 2.50. The first-order chi connectivity index (χ1) is 12.3. The first kappa shape index (κ1) is 19.9. The van der Waals surface area contributed by atoms with Crippen molar-refractivity contribution in [2.75, 3.05) is 28.2 Å². The minimum absolute atomic E-state index is 0.732. The van der Waals surface area contributed by atoms with E-state index in [2.05, 4.69) is 0 Å². The molecule has 0 unspecified atom stereocenters. The lowest BCUT2D eigenvalue weighted by Crippen LogP contribution is -2.52. The maximum absolute atomic E-state index is 6.26. The van der Waals surface area contributed by atoms with Gasteiger partial charge < -0.3 is 9.05 Å². The predicted molar refractivity (Wildman–Crippen MR) is 114 cm³/mol. The Hall–Kier alpha value is -0.820. The molecule has 1 aliphatic rings. The van der Waals surface area contributed by atoms with Crippen LogP contribution in [-0.4, -0.2) is 47.3 Å². The Balaban J connectivity index is 1.93. The molecular weight excluding hydrogens is 406 g/mol. The van der Waals surface area contributed by atoms with Crippen LogP contribution in [0, 0.1) is 0 Å². The molecule has 6 nitrogen and oxygen atoms in total. The molecule has 1 heterocycles. The average Bonchev–Trinajstić information content (AvgIpc) is 2.66. The number of rotatable bonds is 4. The van der Waals surface area contributed by atoms with E-state index in [1.54, 1.807) is 0 Å². The maximum atomic E-state index is 6.26. The van der Waals surface area contributed by atoms with Crippen LogP contribution in [0.1, 0.15) is 0 Å². The van der Waals surface area contributed by atoms with Crippen LogP contribution >= 0.6 is 13.1 Å². The summed E-state index contributed by atoms with van der Waals surface area (Å²) >= 11 is 12.0. The molecule has 0 N–H and O–H groups in total. The lowest BCUT2D eigenvalue weighted by atomic mass is 10.3. The molecule has 0 aromatic heterocycles. The van der Waals surface area contributed by atoms with Crippen LogP contribution in [-0.2, 0) is 23.6 Å². The summed E-state index contributed by atoms with van der Waals surface area (Å²) in [5, 5.41) is 0. The third kappa shape index (κ3) is 3.49. The molecule has 3 rings (SSSR count). The van der Waals surface area contributed by atoms with Crippen molar-refractivity contribution in [1.82, 2.24) is 19.1 Å². The van der Waals surface area contributed by atoms with Gasteiger partial charge in [0.2, 0.25) is 0 Å². The number of hydrazine groups is 2. The largest absolute Gasteiger partial charge is 0.439 e. The number of hydrogen-bond donors (Lipinski definition) is 0. The third-order valence-electron chi connectivity index (χ3n) is 4.24. The Morgan fingerprint density at radius 3 is 1.12 bits per heavy atom. The van der Waals surface area contributed by atoms with Crippen molar-refractivity contribution in [1.29, 1.82) is 0 Å². The Kier molecular flexibility index (Phi) is 5.87. The second-order valence-electron chi connectivity index (χ2n) is 5.75. The van der Waals surface area contributed by atoms with Crippen molar-refractivity contribution in [3.05, 3.63) is 60.7 Å². The Labute approximate surface area is 165 Å². The molecule has 0 saturated carbocycles. The van der Waals surface area contributed by atoms with E-state index in [0.29, 0.717) is 0 Å². The van der Waals surface area contributed by atoms with Gasteiger partial charge in [0.25, 0.3) is 13.1 Å². The highest BCUT2D eigenvalue weighted by molar-refractivity contribution is 8.13. The van der Waals surface area contributed by atoms with E-state index in [1.807, 2.05) is 108 Å². The van der Waals surface area contributed by atoms with Gasteiger partial charge in [-0.2, -0.15) is 19.1 Å². The molecular formula is C16H22N4O2P2S2. The fourth-order valence-corrected chi connectivity index (χ4v) is 9.61. The quantitative estimate of drug-likeness (QED) is 0.671. The van der Waals surface area contributed by atoms with E-state index in [0.717, 1.165) is 11.5 Å². The summed E-state index contributed by atoms with van der Waals surface area (Å²) in [5.41, 5.74) is 0. The zero-order valence-corrected chi connectivity index (χ0v) is 18.5. The molecule has 1 saturated heterocycles. The van der Waals surface area contributed by atoms with Gasteiger partial charge in [0.1, 0.15) is 11.5 Å². The van der Waals surface area contributed by atoms with Crippen molar-refractivity contribution in [3.8, 4) is 11.5 Å². The van der Waals surface area contributed by atoms with E-state index < -0.39 is 13.1 Å². The van der Waals surface area contributed by atoms with E-state index in [1.165, 1.54) is 0 Å². The highest BCUT2D eigenvalue weighted by Gasteiger charge is 2.51. The summed E-state index contributed by atoms with van der Waals surface area (Å²) in [7, 11) is 7.62. The summed E-state index contributed by atoms with van der Waals surface area (Å²) in [5.74, 6) is 1.46. The summed E-state index contributed by atoms with van der Waals surface area (Å²) in [4.78, 5) is 0. The topological polar surface area (TPSA) is 31.4 Å². The van der Waals surface area contributed by atoms with Crippen LogP contribution in [0.4, 0.5) is 0 Å². The highest BCUT2D eigenvalue weighted by atomic mass is 32.5. The lowest BCUT2D eigenvalue weighted by Gasteiger charge is -2.54. The van der Waals surface area contributed by atoms with Crippen LogP contribution in [0.25, 0.3) is 0 Å². The molecule has 0 spiro atoms. The average molecular weight is 428 g/mol. The van der Waals surface area contributed by atoms with Gasteiger partial charge in [-0.15, -0.1) is 0 Å². The first-order valence-corrected chi connectivity index (χ1v) is 13.2. The predicted octanol–water partition coefficient (Wildman–Crippen LogP) is 4.16. The minimum atomic E-state index is -2.58. The summed E-state index contributed by atoms with van der Waals surface area (Å²) in [6.07, 6.45) is 0. The number of hydrogen-bond acceptors (Lipinski definition) is 4. The second-order valence-corrected chi connectivity index (χ2v) is 13.2. The van der Waals surface area contributed by atoms with Crippen molar-refractivity contribution in [2.24, 2.45) is 0 Å². The van der Waals surface area contributed by atoms with E-state index in [4.69, 9.17) is 32.7 Å². The van der Waals surface area contributed by atoms with Crippen LogP contribution in [0.15, 0.2) is 60.7 Å². The lowest BCUT2D eigenvalue weighted by molar-refractivity contribution is 0.0983. The Bertz CT molecular complexity index is 760. The molecule has 26 heavy (non-hydrogen) atoms. The van der Waals surface area contributed by atoms with Gasteiger partial charge >= 0.3 is 0 Å². The van der Waals surface area contributed by atoms with Gasteiger partial charge in [-0.25, -0.2) is 0 Å². The molecule has 0 aliphatic carbocycles. The number of nitrogens with zero attached hydrogens (tertiary/aromatic N) is 4. The van der Waals surface area contributed by atoms with Crippen molar-refractivity contribution in [2.45, 2.75) is 0 Å². The molecule has 0 bridgehead atoms. The summed E-state index contributed by atoms with van der Waals surface area (Å²) < 4.78 is 20.2. The van der Waals surface area contributed by atoms with Crippen LogP contribution in [0.3, 0.4) is 0 Å². The van der Waals surface area contributed by atoms with E-state index in [-0.39, 0.29) is 0 Å². The van der Waals surface area contributed by atoms with E-state index in [9.17, 15) is 0 Å². The zero-order chi connectivity index (χ0) is 18.9. The molecule has 1 aliphatic heterocycles. The van der Waals surface area contributed by atoms with Crippen molar-refractivity contribution < 1.29 is 9.05 Å². The van der Waals surface area contributed by atoms with Gasteiger partial charge in [0.05, 0.1) is 0 Å². The monoisotopic (exact) mass is 428 g/mol. The molecule has 2 aromatic carbocycles. The van der Waals surface area contributed by atoms with Crippen LogP contribution in [0.2, 0.25) is 0 Å². The molecule has 0 radical (unpaired) electrons. The first-order valence-electron chi connectivity index (χ1n) is 7.95. The Morgan fingerprint density at radius 1 is 0.577 bits per heavy atom. The molecule has 2 aromatic rings. The standard InChI is InChI=1S/C16H22N4O2P2S2/c1-17-18(2)24(26,22-16-13-9-6-10-14-16)20(4)19(3)23(17,25)21-15-11-7-5-8-12-15/h5-14H,1-4H3. The van der Waals surface area contributed by atoms with Crippen LogP contribution < -0.4 is 9.05 Å². The highest BCUT2D eigenvalue weighted by Crippen LogP contribution is 2.68. The second kappa shape index (κ2) is 7.66. The molecule has 1 fully saturated rings. The smallest absolute Gasteiger partial charge is 0.280 e. The normalized spacial score (nSPS) is 28.8. The van der Waals surface area contributed by atoms with Crippen LogP contribution in [0.5, 0.6) is 11.5 Å². The fraction of sp³-hybridized carbons (Fsp3) is 0.250. The van der Waals surface area contributed by atoms with E-state index >= 15 is 0 Å². The molecule has 0 atom stereocenters. The van der Waals surface area contributed by atoms with Gasteiger partial charge in [0, 0.05) is 28.2 Å². The maximum Gasteiger partial charge on any atom is 0.280 e. The van der Waals surface area contributed by atoms with Crippen molar-refractivity contribution >= 4 is 36.7 Å². The summed E-state index contributed by atoms with van der Waals surface area (Å²) in [6, 6.07) is 19.2. The molecule has 140 valence electrons. The number of benzene rings is 2. The molecule has 0 amide bonds. The third-order valence-corrected chi connectivity index (χ3v) is 12.7. The SMILES string of the molecule is CN1N(C)P(=S)(Oc2ccccc2)N(C)N(C)P1(=S)Oc1ccccc1. The zero-order valence-electron chi connectivity index (χ0n) is 15.1. The van der Waals surface area contributed by atoms with Gasteiger partial charge in [-0.1, -0.05) is 36.4 Å². The minimum Gasteiger partial charge on any atom is -0.439 e. The van der Waals surface area contributed by atoms with Gasteiger partial charge in [-0.05, 0) is 47.9 Å².